The quantitative estimate of drug-likeness (QED) is 0.782. The summed E-state index contributed by atoms with van der Waals surface area (Å²) >= 11 is 0. The maximum Gasteiger partial charge on any atom is 0.231 e. The zero-order valence-corrected chi connectivity index (χ0v) is 17.1. The summed E-state index contributed by atoms with van der Waals surface area (Å²) in [6.45, 7) is 8.16. The molecule has 1 aliphatic heterocycles. The normalized spacial score (nSPS) is 20.3. The highest BCUT2D eigenvalue weighted by atomic mass is 32.2. The van der Waals surface area contributed by atoms with E-state index < -0.39 is 10.0 Å². The van der Waals surface area contributed by atoms with E-state index >= 15 is 0 Å². The second kappa shape index (κ2) is 6.74. The zero-order chi connectivity index (χ0) is 19.2. The Morgan fingerprint density at radius 1 is 1.15 bits per heavy atom. The van der Waals surface area contributed by atoms with Gasteiger partial charge in [0.15, 0.2) is 5.65 Å². The molecule has 0 aromatic carbocycles. The molecule has 27 heavy (non-hydrogen) atoms. The van der Waals surface area contributed by atoms with Crippen molar-refractivity contribution in [1.29, 1.82) is 0 Å². The van der Waals surface area contributed by atoms with Crippen LogP contribution in [0.25, 0.3) is 5.65 Å². The molecule has 0 N–H and O–H groups in total. The maximum absolute atomic E-state index is 12.3. The van der Waals surface area contributed by atoms with E-state index in [1.54, 1.807) is 8.82 Å². The molecule has 0 amide bonds. The van der Waals surface area contributed by atoms with E-state index in [2.05, 4.69) is 30.9 Å². The van der Waals surface area contributed by atoms with Crippen LogP contribution in [0.2, 0.25) is 0 Å². The average Bonchev–Trinajstić information content (AvgIpc) is 3.39. The predicted molar refractivity (Wildman–Crippen MR) is 103 cm³/mol. The van der Waals surface area contributed by atoms with Gasteiger partial charge in [0.2, 0.25) is 15.9 Å². The molecule has 0 atom stereocenters. The fourth-order valence-corrected chi connectivity index (χ4v) is 5.29. The van der Waals surface area contributed by atoms with Crippen LogP contribution in [0.3, 0.4) is 0 Å². The van der Waals surface area contributed by atoms with E-state index in [9.17, 15) is 8.42 Å². The monoisotopic (exact) mass is 392 g/mol. The lowest BCUT2D eigenvalue weighted by atomic mass is 9.93. The standard InChI is InChI=1S/C19H28N4O3S/c1-19(2,3)16-12-23-17(20-16)6-7-18(21-23)26-13-14-8-10-22(11-9-14)27(24,25)15-4-5-15/h6-7,12,14-15H,4-5,8-11,13H2,1-3H3. The third-order valence-corrected chi connectivity index (χ3v) is 7.81. The van der Waals surface area contributed by atoms with Gasteiger partial charge in [-0.25, -0.2) is 22.2 Å². The summed E-state index contributed by atoms with van der Waals surface area (Å²) in [5.41, 5.74) is 1.78. The summed E-state index contributed by atoms with van der Waals surface area (Å²) in [5, 5.41) is 4.39. The molecule has 2 aliphatic rings. The van der Waals surface area contributed by atoms with Gasteiger partial charge in [0.1, 0.15) is 0 Å². The third kappa shape index (κ3) is 3.96. The fourth-order valence-electron chi connectivity index (χ4n) is 3.41. The highest BCUT2D eigenvalue weighted by molar-refractivity contribution is 7.90. The lowest BCUT2D eigenvalue weighted by Crippen LogP contribution is -2.41. The molecule has 0 unspecified atom stereocenters. The van der Waals surface area contributed by atoms with Crippen molar-refractivity contribution in [3.63, 3.8) is 0 Å². The van der Waals surface area contributed by atoms with Gasteiger partial charge in [-0.3, -0.25) is 0 Å². The van der Waals surface area contributed by atoms with Crippen molar-refractivity contribution in [3.05, 3.63) is 24.0 Å². The molecule has 2 fully saturated rings. The number of ether oxygens (including phenoxy) is 1. The summed E-state index contributed by atoms with van der Waals surface area (Å²) in [6, 6.07) is 3.77. The van der Waals surface area contributed by atoms with Crippen molar-refractivity contribution in [3.8, 4) is 5.88 Å². The number of hydrogen-bond donors (Lipinski definition) is 0. The smallest absolute Gasteiger partial charge is 0.231 e. The van der Waals surface area contributed by atoms with Crippen molar-refractivity contribution in [2.45, 2.75) is 57.1 Å². The number of imidazole rings is 1. The van der Waals surface area contributed by atoms with Gasteiger partial charge < -0.3 is 4.74 Å². The van der Waals surface area contributed by atoms with Crippen molar-refractivity contribution < 1.29 is 13.2 Å². The molecule has 0 spiro atoms. The van der Waals surface area contributed by atoms with Gasteiger partial charge in [-0.1, -0.05) is 20.8 Å². The Kier molecular flexibility index (Phi) is 4.66. The van der Waals surface area contributed by atoms with Crippen molar-refractivity contribution in [1.82, 2.24) is 18.9 Å². The van der Waals surface area contributed by atoms with Gasteiger partial charge in [0.25, 0.3) is 0 Å². The van der Waals surface area contributed by atoms with E-state index in [0.29, 0.717) is 31.5 Å². The average molecular weight is 393 g/mol. The predicted octanol–water partition coefficient (Wildman–Crippen LogP) is 2.61. The molecule has 1 saturated carbocycles. The minimum absolute atomic E-state index is 0.0243. The Bertz CT molecular complexity index is 920. The van der Waals surface area contributed by atoms with Gasteiger partial charge in [0, 0.05) is 24.6 Å². The molecule has 148 valence electrons. The molecule has 4 rings (SSSR count). The van der Waals surface area contributed by atoms with Gasteiger partial charge in [-0.2, -0.15) is 0 Å². The van der Waals surface area contributed by atoms with Crippen LogP contribution in [0.1, 0.15) is 52.1 Å². The highest BCUT2D eigenvalue weighted by Gasteiger charge is 2.41. The Morgan fingerprint density at radius 2 is 1.85 bits per heavy atom. The Morgan fingerprint density at radius 3 is 2.48 bits per heavy atom. The summed E-state index contributed by atoms with van der Waals surface area (Å²) in [4.78, 5) is 4.61. The molecular formula is C19H28N4O3S. The Hall–Kier alpha value is -1.67. The van der Waals surface area contributed by atoms with Gasteiger partial charge in [-0.05, 0) is 37.7 Å². The van der Waals surface area contributed by atoms with Crippen LogP contribution in [-0.2, 0) is 15.4 Å². The van der Waals surface area contributed by atoms with Crippen LogP contribution in [0, 0.1) is 5.92 Å². The Labute approximate surface area is 160 Å². The van der Waals surface area contributed by atoms with Gasteiger partial charge in [-0.15, -0.1) is 5.10 Å². The molecule has 8 heteroatoms. The molecule has 0 radical (unpaired) electrons. The number of nitrogens with zero attached hydrogens (tertiary/aromatic N) is 4. The number of aromatic nitrogens is 3. The van der Waals surface area contributed by atoms with Crippen molar-refractivity contribution >= 4 is 15.7 Å². The number of sulfonamides is 1. The van der Waals surface area contributed by atoms with Gasteiger partial charge in [0.05, 0.1) is 23.7 Å². The van der Waals surface area contributed by atoms with Crippen LogP contribution in [0.4, 0.5) is 0 Å². The summed E-state index contributed by atoms with van der Waals surface area (Å²) in [6.07, 6.45) is 5.28. The third-order valence-electron chi connectivity index (χ3n) is 5.41. The first-order chi connectivity index (χ1) is 12.7. The van der Waals surface area contributed by atoms with E-state index in [4.69, 9.17) is 4.74 Å². The molecule has 2 aromatic heterocycles. The molecule has 1 saturated heterocycles. The molecule has 3 heterocycles. The SMILES string of the molecule is CC(C)(C)c1cn2nc(OCC3CCN(S(=O)(=O)C4CC4)CC3)ccc2n1. The molecule has 1 aliphatic carbocycles. The van der Waals surface area contributed by atoms with E-state index in [-0.39, 0.29) is 10.7 Å². The fraction of sp³-hybridized carbons (Fsp3) is 0.684. The molecule has 7 nitrogen and oxygen atoms in total. The van der Waals surface area contributed by atoms with Crippen molar-refractivity contribution in [2.24, 2.45) is 5.92 Å². The lowest BCUT2D eigenvalue weighted by molar-refractivity contribution is 0.179. The first kappa shape index (κ1) is 18.7. The number of piperidine rings is 1. The lowest BCUT2D eigenvalue weighted by Gasteiger charge is -2.31. The minimum Gasteiger partial charge on any atom is -0.476 e. The molecular weight excluding hydrogens is 364 g/mol. The van der Waals surface area contributed by atoms with Crippen LogP contribution < -0.4 is 4.74 Å². The van der Waals surface area contributed by atoms with E-state index in [1.165, 1.54) is 0 Å². The second-order valence-corrected chi connectivity index (χ2v) is 11.0. The number of rotatable bonds is 5. The highest BCUT2D eigenvalue weighted by Crippen LogP contribution is 2.33. The summed E-state index contributed by atoms with van der Waals surface area (Å²) in [5.74, 6) is 0.939. The second-order valence-electron chi connectivity index (χ2n) is 8.75. The maximum atomic E-state index is 12.3. The first-order valence-electron chi connectivity index (χ1n) is 9.72. The molecule has 2 aromatic rings. The van der Waals surface area contributed by atoms with Crippen molar-refractivity contribution in [2.75, 3.05) is 19.7 Å². The molecule has 0 bridgehead atoms. The minimum atomic E-state index is -3.04. The van der Waals surface area contributed by atoms with Gasteiger partial charge >= 0.3 is 0 Å². The van der Waals surface area contributed by atoms with E-state index in [0.717, 1.165) is 37.0 Å². The van der Waals surface area contributed by atoms with Crippen LogP contribution in [0.5, 0.6) is 5.88 Å². The van der Waals surface area contributed by atoms with Crippen LogP contribution in [-0.4, -0.2) is 52.3 Å². The topological polar surface area (TPSA) is 76.8 Å². The zero-order valence-electron chi connectivity index (χ0n) is 16.3. The van der Waals surface area contributed by atoms with E-state index in [1.807, 2.05) is 18.3 Å². The summed E-state index contributed by atoms with van der Waals surface area (Å²) in [7, 11) is -3.04. The first-order valence-corrected chi connectivity index (χ1v) is 11.2. The summed E-state index contributed by atoms with van der Waals surface area (Å²) < 4.78 is 34.0. The van der Waals surface area contributed by atoms with Crippen LogP contribution >= 0.6 is 0 Å². The Balaban J connectivity index is 1.34. The van der Waals surface area contributed by atoms with Crippen LogP contribution in [0.15, 0.2) is 18.3 Å². The number of fused-ring (bicyclic) bond motifs is 1. The largest absolute Gasteiger partial charge is 0.476 e. The number of hydrogen-bond acceptors (Lipinski definition) is 5.